The summed E-state index contributed by atoms with van der Waals surface area (Å²) in [6.07, 6.45) is 3.17. The summed E-state index contributed by atoms with van der Waals surface area (Å²) in [4.78, 5) is 3.99. The van der Waals surface area contributed by atoms with Crippen LogP contribution in [-0.2, 0) is 5.88 Å². The van der Waals surface area contributed by atoms with Crippen LogP contribution in [0.5, 0.6) is 0 Å². The topological polar surface area (TPSA) is 12.9 Å². The molecule has 16 heavy (non-hydrogen) atoms. The molecule has 2 aromatic rings. The quantitative estimate of drug-likeness (QED) is 0.731. The van der Waals surface area contributed by atoms with Crippen molar-refractivity contribution in [1.29, 1.82) is 0 Å². The second kappa shape index (κ2) is 4.81. The molecule has 0 aliphatic carbocycles. The highest BCUT2D eigenvalue weighted by atomic mass is 35.5. The van der Waals surface area contributed by atoms with Gasteiger partial charge in [0.1, 0.15) is 5.82 Å². The highest BCUT2D eigenvalue weighted by Gasteiger charge is 2.09. The van der Waals surface area contributed by atoms with E-state index >= 15 is 0 Å². The third-order valence-corrected chi connectivity index (χ3v) is 2.87. The smallest absolute Gasteiger partial charge is 0.123 e. The molecule has 1 heterocycles. The Morgan fingerprint density at radius 3 is 2.75 bits per heavy atom. The fourth-order valence-corrected chi connectivity index (χ4v) is 2.08. The van der Waals surface area contributed by atoms with Gasteiger partial charge in [-0.1, -0.05) is 23.7 Å². The van der Waals surface area contributed by atoms with Gasteiger partial charge in [0, 0.05) is 23.8 Å². The van der Waals surface area contributed by atoms with Crippen molar-refractivity contribution in [2.75, 3.05) is 0 Å². The van der Waals surface area contributed by atoms with Crippen molar-refractivity contribution in [2.45, 2.75) is 5.88 Å². The van der Waals surface area contributed by atoms with E-state index in [2.05, 4.69) is 4.98 Å². The van der Waals surface area contributed by atoms with Gasteiger partial charge in [0.2, 0.25) is 0 Å². The van der Waals surface area contributed by atoms with E-state index in [4.69, 9.17) is 23.2 Å². The van der Waals surface area contributed by atoms with Crippen molar-refractivity contribution >= 4 is 23.2 Å². The Labute approximate surface area is 103 Å². The Morgan fingerprint density at radius 2 is 2.06 bits per heavy atom. The fraction of sp³-hybridized carbons (Fsp3) is 0.0833. The second-order valence-corrected chi connectivity index (χ2v) is 3.97. The number of hydrogen-bond acceptors (Lipinski definition) is 1. The predicted octanol–water partition coefficient (Wildman–Crippen LogP) is 4.28. The van der Waals surface area contributed by atoms with Crippen LogP contribution >= 0.6 is 23.2 Å². The lowest BCUT2D eigenvalue weighted by molar-refractivity contribution is 0.628. The second-order valence-electron chi connectivity index (χ2n) is 3.29. The first-order chi connectivity index (χ1) is 7.72. The SMILES string of the molecule is Fc1cccc(-c2cncc(Cl)c2CCl)c1. The van der Waals surface area contributed by atoms with E-state index in [0.29, 0.717) is 5.02 Å². The monoisotopic (exact) mass is 255 g/mol. The van der Waals surface area contributed by atoms with Gasteiger partial charge in [-0.3, -0.25) is 4.98 Å². The standard InChI is InChI=1S/C12H8Cl2FN/c13-5-10-11(6-16-7-12(10)14)8-2-1-3-9(15)4-8/h1-4,6-7H,5H2. The number of halogens is 3. The van der Waals surface area contributed by atoms with Gasteiger partial charge >= 0.3 is 0 Å². The van der Waals surface area contributed by atoms with Crippen LogP contribution in [0.25, 0.3) is 11.1 Å². The molecule has 1 aromatic heterocycles. The van der Waals surface area contributed by atoms with Crippen LogP contribution in [-0.4, -0.2) is 4.98 Å². The van der Waals surface area contributed by atoms with Crippen LogP contribution in [0.1, 0.15) is 5.56 Å². The van der Waals surface area contributed by atoms with Crippen molar-refractivity contribution in [2.24, 2.45) is 0 Å². The molecule has 0 unspecified atom stereocenters. The van der Waals surface area contributed by atoms with Crippen LogP contribution in [0.2, 0.25) is 5.02 Å². The largest absolute Gasteiger partial charge is 0.263 e. The zero-order valence-corrected chi connectivity index (χ0v) is 9.76. The summed E-state index contributed by atoms with van der Waals surface area (Å²) in [5, 5.41) is 0.497. The Balaban J connectivity index is 2.60. The molecule has 1 nitrogen and oxygen atoms in total. The number of rotatable bonds is 2. The Kier molecular flexibility index (Phi) is 3.42. The maximum Gasteiger partial charge on any atom is 0.123 e. The summed E-state index contributed by atoms with van der Waals surface area (Å²) in [6, 6.07) is 6.27. The first-order valence-electron chi connectivity index (χ1n) is 4.66. The minimum absolute atomic E-state index is 0.271. The maximum atomic E-state index is 13.1. The fourth-order valence-electron chi connectivity index (χ4n) is 1.50. The van der Waals surface area contributed by atoms with E-state index < -0.39 is 0 Å². The Hall–Kier alpha value is -1.12. The highest BCUT2D eigenvalue weighted by molar-refractivity contribution is 6.32. The molecule has 0 aliphatic rings. The first-order valence-corrected chi connectivity index (χ1v) is 5.58. The van der Waals surface area contributed by atoms with Gasteiger partial charge in [0.15, 0.2) is 0 Å². The molecule has 0 bridgehead atoms. The van der Waals surface area contributed by atoms with Gasteiger partial charge < -0.3 is 0 Å². The van der Waals surface area contributed by atoms with Gasteiger partial charge in [-0.2, -0.15) is 0 Å². The first kappa shape index (κ1) is 11.4. The lowest BCUT2D eigenvalue weighted by atomic mass is 10.0. The molecular formula is C12H8Cl2FN. The number of alkyl halides is 1. The number of pyridine rings is 1. The number of hydrogen-bond donors (Lipinski definition) is 0. The van der Waals surface area contributed by atoms with E-state index in [1.165, 1.54) is 18.3 Å². The summed E-state index contributed by atoms with van der Waals surface area (Å²) in [6.45, 7) is 0. The number of nitrogens with zero attached hydrogens (tertiary/aromatic N) is 1. The zero-order valence-electron chi connectivity index (χ0n) is 8.25. The normalized spacial score (nSPS) is 10.4. The molecule has 0 aliphatic heterocycles. The van der Waals surface area contributed by atoms with Gasteiger partial charge in [-0.05, 0) is 23.3 Å². The number of aromatic nitrogens is 1. The third-order valence-electron chi connectivity index (χ3n) is 2.27. The van der Waals surface area contributed by atoms with Crippen molar-refractivity contribution in [3.63, 3.8) is 0 Å². The molecule has 0 saturated carbocycles. The number of benzene rings is 1. The van der Waals surface area contributed by atoms with Gasteiger partial charge in [-0.15, -0.1) is 11.6 Å². The molecule has 2 rings (SSSR count). The summed E-state index contributed by atoms with van der Waals surface area (Å²) < 4.78 is 13.1. The van der Waals surface area contributed by atoms with E-state index in [0.717, 1.165) is 16.7 Å². The summed E-state index contributed by atoms with van der Waals surface area (Å²) in [7, 11) is 0. The van der Waals surface area contributed by atoms with E-state index in [-0.39, 0.29) is 11.7 Å². The molecule has 0 atom stereocenters. The molecule has 0 spiro atoms. The summed E-state index contributed by atoms with van der Waals surface area (Å²) in [5.74, 6) is -0.0225. The molecule has 82 valence electrons. The molecule has 0 fully saturated rings. The van der Waals surface area contributed by atoms with Crippen LogP contribution in [0.3, 0.4) is 0 Å². The van der Waals surface area contributed by atoms with E-state index in [9.17, 15) is 4.39 Å². The molecule has 0 amide bonds. The van der Waals surface area contributed by atoms with E-state index in [1.807, 2.05) is 0 Å². The average molecular weight is 256 g/mol. The molecule has 0 saturated heterocycles. The van der Waals surface area contributed by atoms with Crippen LogP contribution in [0.4, 0.5) is 4.39 Å². The lowest BCUT2D eigenvalue weighted by Gasteiger charge is -2.08. The van der Waals surface area contributed by atoms with Gasteiger partial charge in [0.25, 0.3) is 0 Å². The van der Waals surface area contributed by atoms with Crippen molar-refractivity contribution < 1.29 is 4.39 Å². The predicted molar refractivity (Wildman–Crippen MR) is 64.2 cm³/mol. The highest BCUT2D eigenvalue weighted by Crippen LogP contribution is 2.29. The van der Waals surface area contributed by atoms with Crippen molar-refractivity contribution in [1.82, 2.24) is 4.98 Å². The molecule has 1 aromatic carbocycles. The minimum Gasteiger partial charge on any atom is -0.263 e. The molecule has 0 N–H and O–H groups in total. The minimum atomic E-state index is -0.294. The average Bonchev–Trinajstić information content (AvgIpc) is 2.28. The van der Waals surface area contributed by atoms with Gasteiger partial charge in [0.05, 0.1) is 5.02 Å². The maximum absolute atomic E-state index is 13.1. The summed E-state index contributed by atoms with van der Waals surface area (Å²) >= 11 is 11.8. The Morgan fingerprint density at radius 1 is 1.25 bits per heavy atom. The molecule has 4 heteroatoms. The van der Waals surface area contributed by atoms with Crippen LogP contribution < -0.4 is 0 Å². The van der Waals surface area contributed by atoms with Gasteiger partial charge in [-0.25, -0.2) is 4.39 Å². The van der Waals surface area contributed by atoms with Crippen LogP contribution in [0.15, 0.2) is 36.7 Å². The third kappa shape index (κ3) is 2.18. The van der Waals surface area contributed by atoms with Crippen LogP contribution in [0, 0.1) is 5.82 Å². The van der Waals surface area contributed by atoms with Crippen molar-refractivity contribution in [3.05, 3.63) is 53.1 Å². The lowest BCUT2D eigenvalue weighted by Crippen LogP contribution is -1.90. The molecular weight excluding hydrogens is 248 g/mol. The zero-order chi connectivity index (χ0) is 11.5. The summed E-state index contributed by atoms with van der Waals surface area (Å²) in [5.41, 5.74) is 2.26. The molecule has 0 radical (unpaired) electrons. The van der Waals surface area contributed by atoms with E-state index in [1.54, 1.807) is 18.3 Å². The Bertz CT molecular complexity index is 514. The van der Waals surface area contributed by atoms with Crippen molar-refractivity contribution in [3.8, 4) is 11.1 Å².